The van der Waals surface area contributed by atoms with E-state index in [0.29, 0.717) is 30.2 Å². The molecule has 7 heteroatoms. The van der Waals surface area contributed by atoms with Gasteiger partial charge in [0.1, 0.15) is 18.7 Å². The fourth-order valence-electron chi connectivity index (χ4n) is 3.03. The van der Waals surface area contributed by atoms with Crippen LogP contribution in [-0.2, 0) is 14.3 Å². The molecule has 0 bridgehead atoms. The van der Waals surface area contributed by atoms with Crippen LogP contribution in [0.5, 0.6) is 0 Å². The van der Waals surface area contributed by atoms with Gasteiger partial charge in [-0.25, -0.2) is 0 Å². The molecular weight excluding hydrogens is 364 g/mol. The van der Waals surface area contributed by atoms with E-state index in [0.717, 1.165) is 6.42 Å². The average molecular weight is 395 g/mol. The molecule has 2 rings (SSSR count). The Morgan fingerprint density at radius 1 is 1.30 bits per heavy atom. The van der Waals surface area contributed by atoms with Crippen molar-refractivity contribution in [3.05, 3.63) is 22.4 Å². The third kappa shape index (κ3) is 5.87. The third-order valence-electron chi connectivity index (χ3n) is 5.31. The first-order valence-electron chi connectivity index (χ1n) is 9.61. The Bertz CT molecular complexity index is 644. The molecule has 0 aromatic carbocycles. The summed E-state index contributed by atoms with van der Waals surface area (Å²) < 4.78 is 5.43. The van der Waals surface area contributed by atoms with Gasteiger partial charge in [0.25, 0.3) is 5.91 Å². The SMILES string of the molecule is CCC1OCC(=O)C1NC(=O)C(CCC(C)C(C)C)NC(=O)c1ccsc1. The van der Waals surface area contributed by atoms with Crippen LogP contribution < -0.4 is 10.6 Å². The first-order chi connectivity index (χ1) is 12.8. The Morgan fingerprint density at radius 3 is 2.63 bits per heavy atom. The molecule has 27 heavy (non-hydrogen) atoms. The van der Waals surface area contributed by atoms with Crippen LogP contribution in [0, 0.1) is 11.8 Å². The summed E-state index contributed by atoms with van der Waals surface area (Å²) in [6.45, 7) is 8.37. The molecule has 4 atom stereocenters. The van der Waals surface area contributed by atoms with E-state index < -0.39 is 12.1 Å². The number of ether oxygens (including phenoxy) is 1. The highest BCUT2D eigenvalue weighted by atomic mass is 32.1. The molecule has 2 heterocycles. The minimum absolute atomic E-state index is 0.0275. The van der Waals surface area contributed by atoms with Crippen molar-refractivity contribution >= 4 is 28.9 Å². The van der Waals surface area contributed by atoms with E-state index in [9.17, 15) is 14.4 Å². The Labute approximate surface area is 165 Å². The first kappa shape index (κ1) is 21.6. The van der Waals surface area contributed by atoms with Gasteiger partial charge in [-0.05, 0) is 42.5 Å². The molecule has 1 aromatic heterocycles. The zero-order valence-electron chi connectivity index (χ0n) is 16.5. The number of nitrogens with one attached hydrogen (secondary N) is 2. The van der Waals surface area contributed by atoms with Gasteiger partial charge in [0.05, 0.1) is 11.7 Å². The number of carbonyl (C=O) groups excluding carboxylic acids is 3. The Hall–Kier alpha value is -1.73. The zero-order valence-corrected chi connectivity index (χ0v) is 17.3. The average Bonchev–Trinajstić information content (AvgIpc) is 3.28. The summed E-state index contributed by atoms with van der Waals surface area (Å²) >= 11 is 1.43. The van der Waals surface area contributed by atoms with Crippen molar-refractivity contribution in [2.45, 2.75) is 65.1 Å². The van der Waals surface area contributed by atoms with Crippen LogP contribution in [0.25, 0.3) is 0 Å². The van der Waals surface area contributed by atoms with Gasteiger partial charge < -0.3 is 15.4 Å². The third-order valence-corrected chi connectivity index (χ3v) is 6.00. The lowest BCUT2D eigenvalue weighted by atomic mass is 9.91. The number of hydrogen-bond acceptors (Lipinski definition) is 5. The van der Waals surface area contributed by atoms with Crippen molar-refractivity contribution in [2.75, 3.05) is 6.61 Å². The van der Waals surface area contributed by atoms with Crippen LogP contribution >= 0.6 is 11.3 Å². The predicted octanol–water partition coefficient (Wildman–Crippen LogP) is 2.78. The van der Waals surface area contributed by atoms with Crippen LogP contribution in [0.1, 0.15) is 57.3 Å². The van der Waals surface area contributed by atoms with Crippen LogP contribution in [-0.4, -0.2) is 42.4 Å². The standard InChI is InChI=1S/C20H30N2O4S/c1-5-17-18(16(23)10-26-17)22-20(25)15(7-6-13(4)12(2)3)21-19(24)14-8-9-27-11-14/h8-9,11-13,15,17-18H,5-7,10H2,1-4H3,(H,21,24)(H,22,25). The van der Waals surface area contributed by atoms with Crippen molar-refractivity contribution in [3.63, 3.8) is 0 Å². The number of thiophene rings is 1. The largest absolute Gasteiger partial charge is 0.368 e. The van der Waals surface area contributed by atoms with Crippen molar-refractivity contribution < 1.29 is 19.1 Å². The molecule has 1 aliphatic rings. The molecule has 2 amide bonds. The second-order valence-corrected chi connectivity index (χ2v) is 8.33. The maximum Gasteiger partial charge on any atom is 0.252 e. The maximum absolute atomic E-state index is 12.9. The summed E-state index contributed by atoms with van der Waals surface area (Å²) in [5.41, 5.74) is 0.543. The molecule has 2 N–H and O–H groups in total. The summed E-state index contributed by atoms with van der Waals surface area (Å²) in [5, 5.41) is 9.22. The van der Waals surface area contributed by atoms with Crippen molar-refractivity contribution in [1.82, 2.24) is 10.6 Å². The summed E-state index contributed by atoms with van der Waals surface area (Å²) in [7, 11) is 0. The molecular formula is C20H30N2O4S. The number of amides is 2. The van der Waals surface area contributed by atoms with Crippen LogP contribution in [0.3, 0.4) is 0 Å². The van der Waals surface area contributed by atoms with Gasteiger partial charge in [0, 0.05) is 5.38 Å². The van der Waals surface area contributed by atoms with E-state index in [1.807, 2.05) is 12.3 Å². The fourth-order valence-corrected chi connectivity index (χ4v) is 3.67. The second-order valence-electron chi connectivity index (χ2n) is 7.55. The van der Waals surface area contributed by atoms with Crippen molar-refractivity contribution in [1.29, 1.82) is 0 Å². The molecule has 0 radical (unpaired) electrons. The Balaban J connectivity index is 2.06. The minimum Gasteiger partial charge on any atom is -0.368 e. The van der Waals surface area contributed by atoms with Gasteiger partial charge in [0.15, 0.2) is 5.78 Å². The van der Waals surface area contributed by atoms with Gasteiger partial charge in [-0.15, -0.1) is 0 Å². The molecule has 6 nitrogen and oxygen atoms in total. The molecule has 4 unspecified atom stereocenters. The van der Waals surface area contributed by atoms with E-state index in [1.165, 1.54) is 11.3 Å². The van der Waals surface area contributed by atoms with Gasteiger partial charge in [-0.1, -0.05) is 27.7 Å². The second kappa shape index (κ2) is 9.99. The molecule has 1 aliphatic heterocycles. The molecule has 1 aromatic rings. The van der Waals surface area contributed by atoms with Crippen molar-refractivity contribution in [2.24, 2.45) is 11.8 Å². The van der Waals surface area contributed by atoms with E-state index >= 15 is 0 Å². The number of Topliss-reactive ketones (excluding diaryl/α,β-unsaturated/α-hetero) is 1. The summed E-state index contributed by atoms with van der Waals surface area (Å²) in [4.78, 5) is 37.3. The highest BCUT2D eigenvalue weighted by Crippen LogP contribution is 2.19. The molecule has 0 aliphatic carbocycles. The van der Waals surface area contributed by atoms with Crippen LogP contribution in [0.4, 0.5) is 0 Å². The first-order valence-corrected chi connectivity index (χ1v) is 10.6. The van der Waals surface area contributed by atoms with E-state index in [4.69, 9.17) is 4.74 Å². The van der Waals surface area contributed by atoms with E-state index in [-0.39, 0.29) is 30.3 Å². The van der Waals surface area contributed by atoms with E-state index in [1.54, 1.807) is 11.4 Å². The van der Waals surface area contributed by atoms with Crippen LogP contribution in [0.2, 0.25) is 0 Å². The highest BCUT2D eigenvalue weighted by Gasteiger charge is 2.37. The van der Waals surface area contributed by atoms with Crippen LogP contribution in [0.15, 0.2) is 16.8 Å². The monoisotopic (exact) mass is 394 g/mol. The fraction of sp³-hybridized carbons (Fsp3) is 0.650. The maximum atomic E-state index is 12.9. The smallest absolute Gasteiger partial charge is 0.252 e. The normalized spacial score (nSPS) is 21.9. The van der Waals surface area contributed by atoms with Gasteiger partial charge in [-0.2, -0.15) is 11.3 Å². The lowest BCUT2D eigenvalue weighted by Crippen LogP contribution is -2.53. The lowest BCUT2D eigenvalue weighted by molar-refractivity contribution is -0.127. The molecule has 1 saturated heterocycles. The van der Waals surface area contributed by atoms with Crippen molar-refractivity contribution in [3.8, 4) is 0 Å². The molecule has 1 fully saturated rings. The Morgan fingerprint density at radius 2 is 2.04 bits per heavy atom. The zero-order chi connectivity index (χ0) is 20.0. The topological polar surface area (TPSA) is 84.5 Å². The van der Waals surface area contributed by atoms with Gasteiger partial charge >= 0.3 is 0 Å². The lowest BCUT2D eigenvalue weighted by Gasteiger charge is -2.24. The highest BCUT2D eigenvalue weighted by molar-refractivity contribution is 7.08. The van der Waals surface area contributed by atoms with Gasteiger partial charge in [-0.3, -0.25) is 14.4 Å². The number of rotatable bonds is 9. The number of hydrogen-bond donors (Lipinski definition) is 2. The van der Waals surface area contributed by atoms with Gasteiger partial charge in [0.2, 0.25) is 5.91 Å². The Kier molecular flexibility index (Phi) is 7.98. The predicted molar refractivity (Wildman–Crippen MR) is 106 cm³/mol. The van der Waals surface area contributed by atoms with E-state index in [2.05, 4.69) is 31.4 Å². The summed E-state index contributed by atoms with van der Waals surface area (Å²) in [6.07, 6.45) is 1.68. The summed E-state index contributed by atoms with van der Waals surface area (Å²) in [5.74, 6) is 0.217. The molecule has 0 saturated carbocycles. The number of ketones is 1. The summed E-state index contributed by atoms with van der Waals surface area (Å²) in [6, 6.07) is 0.419. The quantitative estimate of drug-likeness (QED) is 0.674. The number of carbonyl (C=O) groups is 3. The molecule has 0 spiro atoms. The minimum atomic E-state index is -0.676. The molecule has 150 valence electrons.